The summed E-state index contributed by atoms with van der Waals surface area (Å²) in [5, 5.41) is 10.1. The molecule has 30 heavy (non-hydrogen) atoms. The van der Waals surface area contributed by atoms with Crippen LogP contribution in [0.3, 0.4) is 0 Å². The van der Waals surface area contributed by atoms with E-state index >= 15 is 0 Å². The van der Waals surface area contributed by atoms with Crippen LogP contribution < -0.4 is 9.80 Å². The van der Waals surface area contributed by atoms with Gasteiger partial charge in [0.2, 0.25) is 22.1 Å². The Morgan fingerprint density at radius 3 is 2.33 bits per heavy atom. The fourth-order valence-electron chi connectivity index (χ4n) is 5.50. The molecule has 0 radical (unpaired) electrons. The van der Waals surface area contributed by atoms with Crippen LogP contribution in [0.25, 0.3) is 0 Å². The van der Waals surface area contributed by atoms with E-state index in [0.717, 1.165) is 69.7 Å². The first-order valence-corrected chi connectivity index (χ1v) is 12.5. The highest BCUT2D eigenvalue weighted by molar-refractivity contribution is 7.19. The van der Waals surface area contributed by atoms with Crippen molar-refractivity contribution in [3.8, 4) is 0 Å². The van der Waals surface area contributed by atoms with Gasteiger partial charge in [0.1, 0.15) is 6.04 Å². The van der Waals surface area contributed by atoms with Crippen molar-refractivity contribution in [2.24, 2.45) is 0 Å². The summed E-state index contributed by atoms with van der Waals surface area (Å²) >= 11 is 1.45. The molecule has 164 valence electrons. The number of nitrogens with zero attached hydrogens (tertiary/aromatic N) is 6. The zero-order valence-electron chi connectivity index (χ0n) is 17.7. The zero-order valence-corrected chi connectivity index (χ0v) is 18.5. The summed E-state index contributed by atoms with van der Waals surface area (Å²) in [6.45, 7) is 5.24. The van der Waals surface area contributed by atoms with Crippen LogP contribution in [-0.4, -0.2) is 83.2 Å². The molecule has 4 aliphatic rings. The lowest BCUT2D eigenvalue weighted by atomic mass is 9.94. The molecular weight excluding hydrogens is 400 g/mol. The molecule has 4 fully saturated rings. The maximum Gasteiger partial charge on any atom is 0.245 e. The summed E-state index contributed by atoms with van der Waals surface area (Å²) < 4.78 is 0. The maximum absolute atomic E-state index is 13.3. The molecule has 5 rings (SSSR count). The van der Waals surface area contributed by atoms with E-state index in [1.54, 1.807) is 4.90 Å². The van der Waals surface area contributed by atoms with Gasteiger partial charge in [0, 0.05) is 51.7 Å². The number of anilines is 2. The minimum Gasteiger partial charge on any atom is -0.338 e. The van der Waals surface area contributed by atoms with Gasteiger partial charge in [-0.15, -0.1) is 10.2 Å². The maximum atomic E-state index is 13.3. The van der Waals surface area contributed by atoms with Crippen molar-refractivity contribution in [1.29, 1.82) is 0 Å². The fourth-order valence-corrected chi connectivity index (χ4v) is 6.47. The smallest absolute Gasteiger partial charge is 0.245 e. The highest BCUT2D eigenvalue weighted by Gasteiger charge is 2.38. The normalized spacial score (nSPS) is 26.7. The Labute approximate surface area is 182 Å². The lowest BCUT2D eigenvalue weighted by Crippen LogP contribution is -2.55. The van der Waals surface area contributed by atoms with E-state index in [0.29, 0.717) is 11.6 Å². The number of piperazine rings is 1. The molecule has 1 saturated carbocycles. The molecule has 0 aromatic carbocycles. The van der Waals surface area contributed by atoms with Crippen molar-refractivity contribution < 1.29 is 9.59 Å². The average Bonchev–Trinajstić information content (AvgIpc) is 3.54. The van der Waals surface area contributed by atoms with Gasteiger partial charge in [-0.05, 0) is 32.1 Å². The van der Waals surface area contributed by atoms with Crippen LogP contribution in [0.15, 0.2) is 0 Å². The first-order valence-electron chi connectivity index (χ1n) is 11.6. The summed E-state index contributed by atoms with van der Waals surface area (Å²) in [5.74, 6) is 0.368. The van der Waals surface area contributed by atoms with Gasteiger partial charge in [-0.25, -0.2) is 0 Å². The van der Waals surface area contributed by atoms with Gasteiger partial charge in [0.15, 0.2) is 0 Å². The molecule has 1 aliphatic carbocycles. The molecule has 3 aliphatic heterocycles. The Balaban J connectivity index is 1.20. The van der Waals surface area contributed by atoms with Gasteiger partial charge < -0.3 is 9.80 Å². The number of carbonyl (C=O) groups is 2. The molecule has 1 aromatic rings. The van der Waals surface area contributed by atoms with Gasteiger partial charge in [0.05, 0.1) is 0 Å². The van der Waals surface area contributed by atoms with Crippen molar-refractivity contribution in [2.75, 3.05) is 49.1 Å². The van der Waals surface area contributed by atoms with E-state index in [9.17, 15) is 9.59 Å². The van der Waals surface area contributed by atoms with Gasteiger partial charge in [0.25, 0.3) is 0 Å². The molecule has 8 nitrogen and oxygen atoms in total. The minimum atomic E-state index is -0.138. The lowest BCUT2D eigenvalue weighted by Gasteiger charge is -2.41. The zero-order chi connectivity index (χ0) is 20.5. The molecule has 9 heteroatoms. The summed E-state index contributed by atoms with van der Waals surface area (Å²) in [6, 6.07) is 0.591. The van der Waals surface area contributed by atoms with Gasteiger partial charge in [-0.3, -0.25) is 19.4 Å². The van der Waals surface area contributed by atoms with E-state index < -0.39 is 0 Å². The number of amides is 2. The van der Waals surface area contributed by atoms with Gasteiger partial charge >= 0.3 is 0 Å². The Kier molecular flexibility index (Phi) is 5.91. The van der Waals surface area contributed by atoms with Crippen LogP contribution in [-0.2, 0) is 9.59 Å². The van der Waals surface area contributed by atoms with Crippen molar-refractivity contribution in [2.45, 2.75) is 69.9 Å². The number of aromatic nitrogens is 2. The largest absolute Gasteiger partial charge is 0.338 e. The molecule has 4 heterocycles. The summed E-state index contributed by atoms with van der Waals surface area (Å²) in [6.07, 6.45) is 10.1. The molecule has 3 saturated heterocycles. The van der Waals surface area contributed by atoms with Crippen molar-refractivity contribution in [1.82, 2.24) is 20.0 Å². The number of hydrogen-bond acceptors (Lipinski definition) is 7. The van der Waals surface area contributed by atoms with Crippen LogP contribution >= 0.6 is 11.3 Å². The van der Waals surface area contributed by atoms with E-state index in [-0.39, 0.29) is 17.9 Å². The predicted octanol–water partition coefficient (Wildman–Crippen LogP) is 2.11. The second kappa shape index (κ2) is 8.78. The predicted molar refractivity (Wildman–Crippen MR) is 117 cm³/mol. The van der Waals surface area contributed by atoms with E-state index in [1.165, 1.54) is 43.4 Å². The average molecular weight is 433 g/mol. The number of rotatable bonds is 4. The van der Waals surface area contributed by atoms with E-state index in [4.69, 9.17) is 0 Å². The van der Waals surface area contributed by atoms with Crippen molar-refractivity contribution in [3.05, 3.63) is 0 Å². The molecule has 2 amide bonds. The Morgan fingerprint density at radius 2 is 1.60 bits per heavy atom. The quantitative estimate of drug-likeness (QED) is 0.726. The first-order chi connectivity index (χ1) is 14.7. The second-order valence-corrected chi connectivity index (χ2v) is 9.96. The lowest BCUT2D eigenvalue weighted by molar-refractivity contribution is -0.134. The van der Waals surface area contributed by atoms with Crippen LogP contribution in [0.5, 0.6) is 0 Å². The van der Waals surface area contributed by atoms with Gasteiger partial charge in [-0.1, -0.05) is 30.6 Å². The van der Waals surface area contributed by atoms with Crippen molar-refractivity contribution >= 4 is 33.4 Å². The third-order valence-electron chi connectivity index (χ3n) is 7.21. The monoisotopic (exact) mass is 432 g/mol. The fraction of sp³-hybridized carbons (Fsp3) is 0.810. The van der Waals surface area contributed by atoms with Crippen LogP contribution in [0.2, 0.25) is 0 Å². The van der Waals surface area contributed by atoms with Crippen molar-refractivity contribution in [3.63, 3.8) is 0 Å². The first kappa shape index (κ1) is 20.2. The molecule has 0 N–H and O–H groups in total. The highest BCUT2D eigenvalue weighted by Crippen LogP contribution is 2.34. The Bertz CT molecular complexity index is 771. The molecule has 0 spiro atoms. The van der Waals surface area contributed by atoms with Crippen LogP contribution in [0.1, 0.15) is 57.8 Å². The second-order valence-electron chi connectivity index (χ2n) is 9.02. The molecule has 1 atom stereocenters. The van der Waals surface area contributed by atoms with Crippen LogP contribution in [0, 0.1) is 0 Å². The standard InChI is InChI=1S/C21H32N6O2S/c28-18-9-5-11-27(18)21-23-22-20(30-21)26-10-4-8-17(26)19(29)25-14-12-24(13-15-25)16-6-2-1-3-7-16/h16-17H,1-15H2. The molecule has 1 unspecified atom stereocenters. The highest BCUT2D eigenvalue weighted by atomic mass is 32.1. The van der Waals surface area contributed by atoms with E-state index in [1.807, 2.05) is 0 Å². The molecular formula is C21H32N6O2S. The SMILES string of the molecule is O=C(C1CCCN1c1nnc(N2CCCC2=O)s1)N1CCN(C2CCCCC2)CC1. The van der Waals surface area contributed by atoms with E-state index in [2.05, 4.69) is 24.9 Å². The minimum absolute atomic E-state index is 0.127. The Morgan fingerprint density at radius 1 is 0.833 bits per heavy atom. The van der Waals surface area contributed by atoms with Gasteiger partial charge in [-0.2, -0.15) is 0 Å². The summed E-state index contributed by atoms with van der Waals surface area (Å²) in [5.41, 5.74) is 0. The topological polar surface area (TPSA) is 72.9 Å². The number of hydrogen-bond donors (Lipinski definition) is 0. The molecule has 1 aromatic heterocycles. The summed E-state index contributed by atoms with van der Waals surface area (Å²) in [4.78, 5) is 33.9. The number of carbonyl (C=O) groups excluding carboxylic acids is 2. The third kappa shape index (κ3) is 3.93. The molecule has 0 bridgehead atoms. The van der Waals surface area contributed by atoms with Crippen LogP contribution in [0.4, 0.5) is 10.3 Å². The third-order valence-corrected chi connectivity index (χ3v) is 8.19. The Hall–Kier alpha value is -1.74. The summed E-state index contributed by atoms with van der Waals surface area (Å²) in [7, 11) is 0.